The van der Waals surface area contributed by atoms with Crippen molar-refractivity contribution < 1.29 is 9.84 Å². The molecule has 0 amide bonds. The highest BCUT2D eigenvalue weighted by atomic mass is 16.5. The van der Waals surface area contributed by atoms with Crippen LogP contribution in [0.4, 0.5) is 17.5 Å². The fourth-order valence-corrected chi connectivity index (χ4v) is 2.56. The summed E-state index contributed by atoms with van der Waals surface area (Å²) in [5.41, 5.74) is 1.84. The molecule has 1 heterocycles. The van der Waals surface area contributed by atoms with Crippen molar-refractivity contribution in [1.29, 1.82) is 0 Å². The molecule has 0 saturated carbocycles. The minimum atomic E-state index is 0.147. The minimum absolute atomic E-state index is 0.147. The fourth-order valence-electron chi connectivity index (χ4n) is 2.56. The molecule has 130 valence electrons. The first-order chi connectivity index (χ1) is 12.2. The van der Waals surface area contributed by atoms with Crippen LogP contribution in [0.3, 0.4) is 0 Å². The Balaban J connectivity index is 1.96. The monoisotopic (exact) mass is 338 g/mol. The number of rotatable bonds is 7. The van der Waals surface area contributed by atoms with Gasteiger partial charge in [-0.2, -0.15) is 4.98 Å². The Kier molecular flexibility index (Phi) is 5.30. The van der Waals surface area contributed by atoms with Crippen LogP contribution in [0.15, 0.2) is 48.5 Å². The molecule has 0 saturated heterocycles. The van der Waals surface area contributed by atoms with Crippen LogP contribution in [0.25, 0.3) is 10.9 Å². The summed E-state index contributed by atoms with van der Waals surface area (Å²) >= 11 is 0. The van der Waals surface area contributed by atoms with Crippen molar-refractivity contribution in [3.05, 3.63) is 48.5 Å². The van der Waals surface area contributed by atoms with E-state index in [4.69, 9.17) is 9.84 Å². The second-order valence-electron chi connectivity index (χ2n) is 5.65. The number of para-hydroxylation sites is 1. The summed E-state index contributed by atoms with van der Waals surface area (Å²) in [7, 11) is 3.58. The van der Waals surface area contributed by atoms with E-state index in [0.717, 1.165) is 28.2 Å². The van der Waals surface area contributed by atoms with E-state index in [-0.39, 0.29) is 6.61 Å². The number of methoxy groups -OCH3 is 1. The molecule has 0 atom stereocenters. The standard InChI is InChI=1S/C19H22N4O2/c1-23(14-8-10-15(25-2)11-9-14)19-21-17-7-4-3-6-16(17)18(22-19)20-12-5-13-24/h3-4,6-11,24H,5,12-13H2,1-2H3,(H,20,21,22). The smallest absolute Gasteiger partial charge is 0.232 e. The highest BCUT2D eigenvalue weighted by Gasteiger charge is 2.12. The Bertz CT molecular complexity index is 836. The zero-order valence-electron chi connectivity index (χ0n) is 14.4. The van der Waals surface area contributed by atoms with Gasteiger partial charge in [0.2, 0.25) is 5.95 Å². The molecule has 2 aromatic carbocycles. The van der Waals surface area contributed by atoms with Gasteiger partial charge in [0.1, 0.15) is 11.6 Å². The normalized spacial score (nSPS) is 10.7. The number of benzene rings is 2. The van der Waals surface area contributed by atoms with Crippen molar-refractivity contribution in [2.45, 2.75) is 6.42 Å². The highest BCUT2D eigenvalue weighted by molar-refractivity contribution is 5.90. The molecule has 3 aromatic rings. The maximum Gasteiger partial charge on any atom is 0.232 e. The Morgan fingerprint density at radius 3 is 2.56 bits per heavy atom. The van der Waals surface area contributed by atoms with Gasteiger partial charge < -0.3 is 20.1 Å². The van der Waals surface area contributed by atoms with Crippen LogP contribution in [0, 0.1) is 0 Å². The van der Waals surface area contributed by atoms with Crippen LogP contribution < -0.4 is 15.0 Å². The average molecular weight is 338 g/mol. The summed E-state index contributed by atoms with van der Waals surface area (Å²) in [6, 6.07) is 15.7. The van der Waals surface area contributed by atoms with Crippen LogP contribution in [0.5, 0.6) is 5.75 Å². The van der Waals surface area contributed by atoms with Gasteiger partial charge >= 0.3 is 0 Å². The van der Waals surface area contributed by atoms with Gasteiger partial charge in [-0.1, -0.05) is 12.1 Å². The van der Waals surface area contributed by atoms with Gasteiger partial charge in [-0.05, 0) is 42.8 Å². The number of fused-ring (bicyclic) bond motifs is 1. The van der Waals surface area contributed by atoms with E-state index >= 15 is 0 Å². The van der Waals surface area contributed by atoms with E-state index in [9.17, 15) is 0 Å². The molecule has 0 aliphatic rings. The molecule has 25 heavy (non-hydrogen) atoms. The Labute approximate surface area is 147 Å². The van der Waals surface area contributed by atoms with Crippen LogP contribution in [0.1, 0.15) is 6.42 Å². The van der Waals surface area contributed by atoms with E-state index in [1.807, 2.05) is 60.5 Å². The van der Waals surface area contributed by atoms with Crippen molar-refractivity contribution in [2.75, 3.05) is 37.5 Å². The number of aliphatic hydroxyl groups is 1. The summed E-state index contributed by atoms with van der Waals surface area (Å²) in [4.78, 5) is 11.3. The van der Waals surface area contributed by atoms with E-state index in [2.05, 4.69) is 15.3 Å². The number of anilines is 3. The number of nitrogens with one attached hydrogen (secondary N) is 1. The van der Waals surface area contributed by atoms with Crippen molar-refractivity contribution in [3.8, 4) is 5.75 Å². The molecule has 2 N–H and O–H groups in total. The topological polar surface area (TPSA) is 70.5 Å². The van der Waals surface area contributed by atoms with E-state index in [1.165, 1.54) is 0 Å². The largest absolute Gasteiger partial charge is 0.497 e. The molecule has 0 unspecified atom stereocenters. The van der Waals surface area contributed by atoms with Crippen LogP contribution in [0.2, 0.25) is 0 Å². The number of ether oxygens (including phenoxy) is 1. The quantitative estimate of drug-likeness (QED) is 0.645. The lowest BCUT2D eigenvalue weighted by Crippen LogP contribution is -2.15. The maximum atomic E-state index is 9.00. The van der Waals surface area contributed by atoms with Gasteiger partial charge in [0, 0.05) is 31.3 Å². The Hall–Kier alpha value is -2.86. The number of aromatic nitrogens is 2. The predicted octanol–water partition coefficient (Wildman–Crippen LogP) is 3.20. The van der Waals surface area contributed by atoms with E-state index < -0.39 is 0 Å². The van der Waals surface area contributed by atoms with Crippen molar-refractivity contribution >= 4 is 28.4 Å². The molecule has 6 nitrogen and oxygen atoms in total. The van der Waals surface area contributed by atoms with Crippen molar-refractivity contribution in [2.24, 2.45) is 0 Å². The van der Waals surface area contributed by atoms with Gasteiger partial charge in [-0.25, -0.2) is 4.98 Å². The first kappa shape index (κ1) is 17.0. The molecule has 1 aromatic heterocycles. The second-order valence-corrected chi connectivity index (χ2v) is 5.65. The van der Waals surface area contributed by atoms with Gasteiger partial charge in [-0.3, -0.25) is 0 Å². The van der Waals surface area contributed by atoms with Gasteiger partial charge in [0.05, 0.1) is 12.6 Å². The van der Waals surface area contributed by atoms with Crippen LogP contribution in [-0.4, -0.2) is 42.4 Å². The SMILES string of the molecule is COc1ccc(N(C)c2nc(NCCCO)c3ccccc3n2)cc1. The summed E-state index contributed by atoms with van der Waals surface area (Å²) in [6.45, 7) is 0.803. The number of nitrogens with zero attached hydrogens (tertiary/aromatic N) is 3. The molecule has 0 aliphatic heterocycles. The molecule has 3 rings (SSSR count). The van der Waals surface area contributed by atoms with Crippen molar-refractivity contribution in [1.82, 2.24) is 9.97 Å². The number of aliphatic hydroxyl groups excluding tert-OH is 1. The van der Waals surface area contributed by atoms with Crippen LogP contribution >= 0.6 is 0 Å². The lowest BCUT2D eigenvalue weighted by Gasteiger charge is -2.19. The third-order valence-electron chi connectivity index (χ3n) is 3.98. The molecular weight excluding hydrogens is 316 g/mol. The fraction of sp³-hybridized carbons (Fsp3) is 0.263. The summed E-state index contributed by atoms with van der Waals surface area (Å²) in [5.74, 6) is 2.19. The molecule has 0 fully saturated rings. The second kappa shape index (κ2) is 7.81. The third-order valence-corrected chi connectivity index (χ3v) is 3.98. The molecule has 6 heteroatoms. The maximum absolute atomic E-state index is 9.00. The number of hydrogen-bond acceptors (Lipinski definition) is 6. The minimum Gasteiger partial charge on any atom is -0.497 e. The zero-order chi connectivity index (χ0) is 17.6. The van der Waals surface area contributed by atoms with Crippen LogP contribution in [-0.2, 0) is 0 Å². The lowest BCUT2D eigenvalue weighted by molar-refractivity contribution is 0.292. The molecular formula is C19H22N4O2. The van der Waals surface area contributed by atoms with Gasteiger partial charge in [-0.15, -0.1) is 0 Å². The molecule has 0 aliphatic carbocycles. The zero-order valence-corrected chi connectivity index (χ0v) is 14.4. The van der Waals surface area contributed by atoms with Gasteiger partial charge in [0.15, 0.2) is 0 Å². The summed E-state index contributed by atoms with van der Waals surface area (Å²) in [5, 5.41) is 13.3. The molecule has 0 radical (unpaired) electrons. The first-order valence-corrected chi connectivity index (χ1v) is 8.22. The highest BCUT2D eigenvalue weighted by Crippen LogP contribution is 2.27. The van der Waals surface area contributed by atoms with Gasteiger partial charge in [0.25, 0.3) is 0 Å². The molecule has 0 spiro atoms. The Morgan fingerprint density at radius 1 is 1.08 bits per heavy atom. The third kappa shape index (κ3) is 3.80. The average Bonchev–Trinajstić information content (AvgIpc) is 2.67. The van der Waals surface area contributed by atoms with E-state index in [0.29, 0.717) is 18.9 Å². The lowest BCUT2D eigenvalue weighted by atomic mass is 10.2. The Morgan fingerprint density at radius 2 is 1.84 bits per heavy atom. The summed E-state index contributed by atoms with van der Waals surface area (Å²) < 4.78 is 5.21. The van der Waals surface area contributed by atoms with E-state index in [1.54, 1.807) is 7.11 Å². The van der Waals surface area contributed by atoms with Crippen molar-refractivity contribution in [3.63, 3.8) is 0 Å². The predicted molar refractivity (Wildman–Crippen MR) is 101 cm³/mol. The number of hydrogen-bond donors (Lipinski definition) is 2. The summed E-state index contributed by atoms with van der Waals surface area (Å²) in [6.07, 6.45) is 0.669. The molecule has 0 bridgehead atoms. The first-order valence-electron chi connectivity index (χ1n) is 8.22.